The fourth-order valence-electron chi connectivity index (χ4n) is 1.80. The summed E-state index contributed by atoms with van der Waals surface area (Å²) in [6.45, 7) is 0. The van der Waals surface area contributed by atoms with E-state index in [1.807, 2.05) is 6.07 Å². The van der Waals surface area contributed by atoms with Gasteiger partial charge in [0.25, 0.3) is 0 Å². The molecule has 20 heavy (non-hydrogen) atoms. The van der Waals surface area contributed by atoms with E-state index in [0.717, 1.165) is 0 Å². The number of nitrogens with zero attached hydrogens (tertiary/aromatic N) is 1. The molecule has 0 unspecified atom stereocenters. The molecular weight excluding hydrogens is 269 g/mol. The summed E-state index contributed by atoms with van der Waals surface area (Å²) in [6.07, 6.45) is -4.76. The highest BCUT2D eigenvalue weighted by molar-refractivity contribution is 5.77. The Kier molecular flexibility index (Phi) is 3.53. The Labute approximate surface area is 113 Å². The molecule has 2 aromatic carbocycles. The van der Waals surface area contributed by atoms with Gasteiger partial charge in [-0.3, -0.25) is 0 Å². The molecule has 0 aliphatic rings. The highest BCUT2D eigenvalue weighted by Crippen LogP contribution is 2.31. The van der Waals surface area contributed by atoms with Crippen molar-refractivity contribution in [1.29, 1.82) is 5.26 Å². The van der Waals surface area contributed by atoms with Crippen molar-refractivity contribution in [2.24, 2.45) is 0 Å². The van der Waals surface area contributed by atoms with Crippen LogP contribution in [0, 0.1) is 11.3 Å². The van der Waals surface area contributed by atoms with Crippen molar-refractivity contribution in [1.82, 2.24) is 0 Å². The van der Waals surface area contributed by atoms with Crippen LogP contribution in [0.1, 0.15) is 5.56 Å². The van der Waals surface area contributed by atoms with Crippen molar-refractivity contribution in [3.63, 3.8) is 0 Å². The molecule has 0 spiro atoms. The van der Waals surface area contributed by atoms with Crippen LogP contribution in [-0.4, -0.2) is 6.36 Å². The Balaban J connectivity index is 2.47. The number of nitriles is 1. The topological polar surface area (TPSA) is 59.0 Å². The lowest BCUT2D eigenvalue weighted by Crippen LogP contribution is -2.17. The monoisotopic (exact) mass is 278 g/mol. The fraction of sp³-hybridized carbons (Fsp3) is 0.0714. The number of nitrogen functional groups attached to an aromatic ring is 1. The summed E-state index contributed by atoms with van der Waals surface area (Å²) in [6, 6.07) is 12.1. The van der Waals surface area contributed by atoms with Crippen molar-refractivity contribution < 1.29 is 17.9 Å². The maximum atomic E-state index is 12.2. The molecule has 0 saturated heterocycles. The first-order valence-corrected chi connectivity index (χ1v) is 5.55. The normalized spacial score (nSPS) is 10.9. The van der Waals surface area contributed by atoms with Crippen molar-refractivity contribution in [2.45, 2.75) is 6.36 Å². The van der Waals surface area contributed by atoms with Crippen LogP contribution in [0.3, 0.4) is 0 Å². The van der Waals surface area contributed by atoms with Gasteiger partial charge in [-0.15, -0.1) is 13.2 Å². The van der Waals surface area contributed by atoms with E-state index < -0.39 is 6.36 Å². The van der Waals surface area contributed by atoms with Crippen molar-refractivity contribution in [3.05, 3.63) is 48.0 Å². The van der Waals surface area contributed by atoms with E-state index >= 15 is 0 Å². The zero-order chi connectivity index (χ0) is 14.8. The summed E-state index contributed by atoms with van der Waals surface area (Å²) < 4.78 is 40.4. The molecule has 2 aromatic rings. The molecular formula is C14H9F3N2O. The Morgan fingerprint density at radius 1 is 1.10 bits per heavy atom. The minimum atomic E-state index is -4.76. The van der Waals surface area contributed by atoms with Gasteiger partial charge in [0.05, 0.1) is 11.3 Å². The molecule has 6 heteroatoms. The second kappa shape index (κ2) is 5.13. The number of alkyl halides is 3. The summed E-state index contributed by atoms with van der Waals surface area (Å²) in [5, 5.41) is 9.08. The molecule has 0 aromatic heterocycles. The van der Waals surface area contributed by atoms with Crippen LogP contribution >= 0.6 is 0 Å². The van der Waals surface area contributed by atoms with E-state index in [1.165, 1.54) is 18.2 Å². The van der Waals surface area contributed by atoms with E-state index in [2.05, 4.69) is 4.74 Å². The number of halogens is 3. The molecule has 0 amide bonds. The maximum Gasteiger partial charge on any atom is 0.573 e. The molecule has 0 aliphatic carbocycles. The van der Waals surface area contributed by atoms with Crippen LogP contribution in [0.2, 0.25) is 0 Å². The number of nitrogens with two attached hydrogens (primary N) is 1. The van der Waals surface area contributed by atoms with Gasteiger partial charge in [0.15, 0.2) is 0 Å². The third-order valence-corrected chi connectivity index (χ3v) is 2.59. The highest BCUT2D eigenvalue weighted by Gasteiger charge is 2.31. The van der Waals surface area contributed by atoms with Gasteiger partial charge in [-0.05, 0) is 23.8 Å². The van der Waals surface area contributed by atoms with Gasteiger partial charge >= 0.3 is 6.36 Å². The van der Waals surface area contributed by atoms with Crippen LogP contribution < -0.4 is 10.5 Å². The lowest BCUT2D eigenvalue weighted by molar-refractivity contribution is -0.274. The van der Waals surface area contributed by atoms with Gasteiger partial charge in [0, 0.05) is 5.56 Å². The largest absolute Gasteiger partial charge is 0.573 e. The highest BCUT2D eigenvalue weighted by atomic mass is 19.4. The lowest BCUT2D eigenvalue weighted by atomic mass is 9.99. The smallest absolute Gasteiger partial charge is 0.406 e. The predicted molar refractivity (Wildman–Crippen MR) is 67.7 cm³/mol. The average Bonchev–Trinajstić information content (AvgIpc) is 2.36. The van der Waals surface area contributed by atoms with Crippen molar-refractivity contribution in [2.75, 3.05) is 5.73 Å². The van der Waals surface area contributed by atoms with Crippen LogP contribution in [-0.2, 0) is 0 Å². The Morgan fingerprint density at radius 2 is 1.80 bits per heavy atom. The summed E-state index contributed by atoms with van der Waals surface area (Å²) in [4.78, 5) is 0. The Hall–Kier alpha value is -2.68. The van der Waals surface area contributed by atoms with Gasteiger partial charge in [0.1, 0.15) is 11.8 Å². The molecule has 0 saturated carbocycles. The van der Waals surface area contributed by atoms with Gasteiger partial charge in [-0.1, -0.05) is 24.3 Å². The van der Waals surface area contributed by atoms with Crippen molar-refractivity contribution in [3.8, 4) is 22.9 Å². The molecule has 0 radical (unpaired) electrons. The van der Waals surface area contributed by atoms with Gasteiger partial charge in [0.2, 0.25) is 0 Å². The van der Waals surface area contributed by atoms with E-state index in [0.29, 0.717) is 11.1 Å². The third kappa shape index (κ3) is 3.01. The minimum absolute atomic E-state index is 0.219. The molecule has 2 rings (SSSR count). The lowest BCUT2D eigenvalue weighted by Gasteiger charge is -2.11. The molecule has 102 valence electrons. The van der Waals surface area contributed by atoms with Crippen LogP contribution in [0.5, 0.6) is 5.75 Å². The Morgan fingerprint density at radius 3 is 2.45 bits per heavy atom. The molecule has 2 N–H and O–H groups in total. The first-order chi connectivity index (χ1) is 9.40. The minimum Gasteiger partial charge on any atom is -0.406 e. The molecule has 3 nitrogen and oxygen atoms in total. The standard InChI is InChI=1S/C14H9F3N2O/c15-14(16,17)20-10-4-1-3-9(7-10)11-5-2-6-13(19)12(11)8-18/h1-7H,19H2. The second-order valence-corrected chi connectivity index (χ2v) is 3.96. The molecule has 0 bridgehead atoms. The van der Waals surface area contributed by atoms with Gasteiger partial charge in [-0.25, -0.2) is 0 Å². The molecule has 0 fully saturated rings. The number of rotatable bonds is 2. The molecule has 0 heterocycles. The molecule has 0 atom stereocenters. The average molecular weight is 278 g/mol. The number of benzene rings is 2. The molecule has 0 aliphatic heterocycles. The number of hydrogen-bond donors (Lipinski definition) is 1. The first-order valence-electron chi connectivity index (χ1n) is 5.55. The van der Waals surface area contributed by atoms with Crippen LogP contribution in [0.15, 0.2) is 42.5 Å². The summed E-state index contributed by atoms with van der Waals surface area (Å²) >= 11 is 0. The quantitative estimate of drug-likeness (QED) is 0.852. The summed E-state index contributed by atoms with van der Waals surface area (Å²) in [5.74, 6) is -0.346. The van der Waals surface area contributed by atoms with E-state index in [-0.39, 0.29) is 17.0 Å². The Bertz CT molecular complexity index is 675. The first kappa shape index (κ1) is 13.7. The van der Waals surface area contributed by atoms with Crippen molar-refractivity contribution >= 4 is 5.69 Å². The van der Waals surface area contributed by atoms with Crippen LogP contribution in [0.25, 0.3) is 11.1 Å². The summed E-state index contributed by atoms with van der Waals surface area (Å²) in [7, 11) is 0. The third-order valence-electron chi connectivity index (χ3n) is 2.59. The predicted octanol–water partition coefficient (Wildman–Crippen LogP) is 3.71. The van der Waals surface area contributed by atoms with E-state index in [9.17, 15) is 13.2 Å². The SMILES string of the molecule is N#Cc1c(N)cccc1-c1cccc(OC(F)(F)F)c1. The van der Waals surface area contributed by atoms with E-state index in [4.69, 9.17) is 11.0 Å². The number of ether oxygens (including phenoxy) is 1. The maximum absolute atomic E-state index is 12.2. The van der Waals surface area contributed by atoms with Crippen LogP contribution in [0.4, 0.5) is 18.9 Å². The number of anilines is 1. The fourth-order valence-corrected chi connectivity index (χ4v) is 1.80. The number of hydrogen-bond acceptors (Lipinski definition) is 3. The zero-order valence-corrected chi connectivity index (χ0v) is 10.1. The van der Waals surface area contributed by atoms with Gasteiger partial charge < -0.3 is 10.5 Å². The van der Waals surface area contributed by atoms with Gasteiger partial charge in [-0.2, -0.15) is 5.26 Å². The summed E-state index contributed by atoms with van der Waals surface area (Å²) in [5.41, 5.74) is 7.05. The second-order valence-electron chi connectivity index (χ2n) is 3.96. The van der Waals surface area contributed by atoms with E-state index in [1.54, 1.807) is 24.3 Å². The zero-order valence-electron chi connectivity index (χ0n) is 10.1.